The van der Waals surface area contributed by atoms with Crippen LogP contribution < -0.4 is 10.6 Å². The molecule has 2 amide bonds. The molecule has 0 saturated heterocycles. The van der Waals surface area contributed by atoms with Gasteiger partial charge in [-0.15, -0.1) is 11.3 Å². The van der Waals surface area contributed by atoms with Crippen LogP contribution in [0.25, 0.3) is 10.2 Å². The highest BCUT2D eigenvalue weighted by atomic mass is 32.1. The number of aromatic nitrogens is 1. The standard InChI is InChI=1S/C21H23N3O2S/c1-13(2)20(22-14(3)25)21(26)23-16-10-8-15(9-11-16)12-19-24-17-6-4-5-7-18(17)27-19/h4-11,13,20H,12H2,1-3H3,(H,22,25)(H,23,26). The molecule has 5 nitrogen and oxygen atoms in total. The fourth-order valence-electron chi connectivity index (χ4n) is 2.85. The lowest BCUT2D eigenvalue weighted by molar-refractivity contribution is -0.126. The van der Waals surface area contributed by atoms with E-state index < -0.39 is 6.04 Å². The zero-order valence-electron chi connectivity index (χ0n) is 15.7. The first-order valence-corrected chi connectivity index (χ1v) is 9.75. The Hall–Kier alpha value is -2.73. The Kier molecular flexibility index (Phi) is 5.86. The van der Waals surface area contributed by atoms with Crippen LogP contribution >= 0.6 is 11.3 Å². The molecule has 0 saturated carbocycles. The van der Waals surface area contributed by atoms with Gasteiger partial charge in [0.1, 0.15) is 6.04 Å². The Bertz CT molecular complexity index is 914. The van der Waals surface area contributed by atoms with E-state index in [0.717, 1.165) is 22.5 Å². The van der Waals surface area contributed by atoms with Crippen LogP contribution in [0.15, 0.2) is 48.5 Å². The number of fused-ring (bicyclic) bond motifs is 1. The Morgan fingerprint density at radius 3 is 2.41 bits per heavy atom. The summed E-state index contributed by atoms with van der Waals surface area (Å²) in [6.45, 7) is 5.22. The number of hydrogen-bond donors (Lipinski definition) is 2. The van der Waals surface area contributed by atoms with E-state index in [4.69, 9.17) is 0 Å². The van der Waals surface area contributed by atoms with Crippen LogP contribution in [0.5, 0.6) is 0 Å². The van der Waals surface area contributed by atoms with E-state index in [-0.39, 0.29) is 17.7 Å². The number of anilines is 1. The summed E-state index contributed by atoms with van der Waals surface area (Å²) in [4.78, 5) is 28.4. The molecule has 3 aromatic rings. The molecule has 3 rings (SSSR count). The second-order valence-corrected chi connectivity index (χ2v) is 7.98. The lowest BCUT2D eigenvalue weighted by atomic mass is 10.0. The second kappa shape index (κ2) is 8.31. The fraction of sp³-hybridized carbons (Fsp3) is 0.286. The number of thiazole rings is 1. The van der Waals surface area contributed by atoms with E-state index in [0.29, 0.717) is 5.69 Å². The Balaban J connectivity index is 1.65. The maximum atomic E-state index is 12.4. The van der Waals surface area contributed by atoms with Crippen molar-refractivity contribution in [2.75, 3.05) is 5.32 Å². The molecular weight excluding hydrogens is 358 g/mol. The smallest absolute Gasteiger partial charge is 0.247 e. The van der Waals surface area contributed by atoms with Crippen molar-refractivity contribution in [1.29, 1.82) is 0 Å². The highest BCUT2D eigenvalue weighted by Crippen LogP contribution is 2.24. The first-order valence-electron chi connectivity index (χ1n) is 8.93. The monoisotopic (exact) mass is 381 g/mol. The van der Waals surface area contributed by atoms with E-state index in [1.807, 2.05) is 56.3 Å². The van der Waals surface area contributed by atoms with Crippen LogP contribution in [0, 0.1) is 5.92 Å². The highest BCUT2D eigenvalue weighted by molar-refractivity contribution is 7.18. The second-order valence-electron chi connectivity index (χ2n) is 6.86. The Morgan fingerprint density at radius 1 is 1.07 bits per heavy atom. The summed E-state index contributed by atoms with van der Waals surface area (Å²) in [6, 6.07) is 15.3. The normalized spacial score (nSPS) is 12.1. The fourth-order valence-corrected chi connectivity index (χ4v) is 3.85. The van der Waals surface area contributed by atoms with Crippen molar-refractivity contribution >= 4 is 39.1 Å². The molecule has 0 radical (unpaired) electrons. The SMILES string of the molecule is CC(=O)NC(C(=O)Nc1ccc(Cc2nc3ccccc3s2)cc1)C(C)C. The highest BCUT2D eigenvalue weighted by Gasteiger charge is 2.22. The van der Waals surface area contributed by atoms with Crippen molar-refractivity contribution in [3.8, 4) is 0 Å². The van der Waals surface area contributed by atoms with Crippen molar-refractivity contribution in [1.82, 2.24) is 10.3 Å². The van der Waals surface area contributed by atoms with Crippen molar-refractivity contribution in [2.45, 2.75) is 33.2 Å². The van der Waals surface area contributed by atoms with Gasteiger partial charge in [0.15, 0.2) is 0 Å². The topological polar surface area (TPSA) is 71.1 Å². The quantitative estimate of drug-likeness (QED) is 0.678. The molecule has 0 spiro atoms. The molecule has 6 heteroatoms. The van der Waals surface area contributed by atoms with Gasteiger partial charge in [-0.05, 0) is 35.7 Å². The van der Waals surface area contributed by atoms with E-state index >= 15 is 0 Å². The molecule has 1 unspecified atom stereocenters. The molecule has 2 N–H and O–H groups in total. The Labute approximate surface area is 162 Å². The van der Waals surface area contributed by atoms with Gasteiger partial charge in [0, 0.05) is 19.0 Å². The Morgan fingerprint density at radius 2 is 1.78 bits per heavy atom. The maximum Gasteiger partial charge on any atom is 0.247 e. The number of nitrogens with one attached hydrogen (secondary N) is 2. The summed E-state index contributed by atoms with van der Waals surface area (Å²) in [7, 11) is 0. The molecule has 1 aromatic heterocycles. The van der Waals surface area contributed by atoms with Crippen LogP contribution in [0.4, 0.5) is 5.69 Å². The van der Waals surface area contributed by atoms with Gasteiger partial charge >= 0.3 is 0 Å². The van der Waals surface area contributed by atoms with Gasteiger partial charge in [-0.3, -0.25) is 9.59 Å². The molecule has 0 aliphatic carbocycles. The number of hydrogen-bond acceptors (Lipinski definition) is 4. The average Bonchev–Trinajstić information content (AvgIpc) is 3.03. The predicted molar refractivity (Wildman–Crippen MR) is 110 cm³/mol. The minimum Gasteiger partial charge on any atom is -0.344 e. The van der Waals surface area contributed by atoms with E-state index in [1.165, 1.54) is 11.6 Å². The maximum absolute atomic E-state index is 12.4. The summed E-state index contributed by atoms with van der Waals surface area (Å²) in [5, 5.41) is 6.64. The summed E-state index contributed by atoms with van der Waals surface area (Å²) in [5.74, 6) is -0.415. The summed E-state index contributed by atoms with van der Waals surface area (Å²) < 4.78 is 1.19. The molecule has 0 aliphatic rings. The number of carbonyl (C=O) groups is 2. The zero-order chi connectivity index (χ0) is 19.4. The first-order chi connectivity index (χ1) is 12.9. The number of benzene rings is 2. The predicted octanol–water partition coefficient (Wildman–Crippen LogP) is 3.99. The molecular formula is C21H23N3O2S. The van der Waals surface area contributed by atoms with Gasteiger partial charge in [0.25, 0.3) is 0 Å². The molecule has 1 heterocycles. The minimum atomic E-state index is -0.551. The van der Waals surface area contributed by atoms with Crippen molar-refractivity contribution < 1.29 is 9.59 Å². The number of carbonyl (C=O) groups excluding carboxylic acids is 2. The van der Waals surface area contributed by atoms with Gasteiger partial charge < -0.3 is 10.6 Å². The van der Waals surface area contributed by atoms with E-state index in [2.05, 4.69) is 21.7 Å². The minimum absolute atomic E-state index is 0.00667. The molecule has 27 heavy (non-hydrogen) atoms. The third-order valence-corrected chi connectivity index (χ3v) is 5.26. The average molecular weight is 382 g/mol. The molecule has 2 aromatic carbocycles. The van der Waals surface area contributed by atoms with Crippen LogP contribution in [0.3, 0.4) is 0 Å². The zero-order valence-corrected chi connectivity index (χ0v) is 16.5. The number of nitrogens with zero attached hydrogens (tertiary/aromatic N) is 1. The third kappa shape index (κ3) is 4.92. The van der Waals surface area contributed by atoms with Crippen molar-refractivity contribution in [3.63, 3.8) is 0 Å². The van der Waals surface area contributed by atoms with E-state index in [9.17, 15) is 9.59 Å². The first kappa shape index (κ1) is 19.0. The van der Waals surface area contributed by atoms with Crippen molar-refractivity contribution in [2.24, 2.45) is 5.92 Å². The van der Waals surface area contributed by atoms with Crippen LogP contribution in [-0.2, 0) is 16.0 Å². The summed E-state index contributed by atoms with van der Waals surface area (Å²) in [5.41, 5.74) is 2.87. The molecule has 1 atom stereocenters. The van der Waals surface area contributed by atoms with Gasteiger partial charge in [0.05, 0.1) is 15.2 Å². The van der Waals surface area contributed by atoms with Gasteiger partial charge in [0.2, 0.25) is 11.8 Å². The molecule has 140 valence electrons. The van der Waals surface area contributed by atoms with Gasteiger partial charge in [-0.1, -0.05) is 38.1 Å². The van der Waals surface area contributed by atoms with Gasteiger partial charge in [-0.25, -0.2) is 4.98 Å². The molecule has 0 bridgehead atoms. The lowest BCUT2D eigenvalue weighted by Gasteiger charge is -2.21. The van der Waals surface area contributed by atoms with Crippen LogP contribution in [-0.4, -0.2) is 22.8 Å². The van der Waals surface area contributed by atoms with Crippen molar-refractivity contribution in [3.05, 3.63) is 59.1 Å². The lowest BCUT2D eigenvalue weighted by Crippen LogP contribution is -2.46. The van der Waals surface area contributed by atoms with Crippen LogP contribution in [0.2, 0.25) is 0 Å². The largest absolute Gasteiger partial charge is 0.344 e. The molecule has 0 aliphatic heterocycles. The number of rotatable bonds is 6. The number of amides is 2. The molecule has 0 fully saturated rings. The third-order valence-electron chi connectivity index (χ3n) is 4.22. The van der Waals surface area contributed by atoms with Gasteiger partial charge in [-0.2, -0.15) is 0 Å². The van der Waals surface area contributed by atoms with Crippen LogP contribution in [0.1, 0.15) is 31.3 Å². The summed E-state index contributed by atoms with van der Waals surface area (Å²) >= 11 is 1.70. The van der Waals surface area contributed by atoms with E-state index in [1.54, 1.807) is 11.3 Å². The number of para-hydroxylation sites is 1. The summed E-state index contributed by atoms with van der Waals surface area (Å²) in [6.07, 6.45) is 0.758.